The van der Waals surface area contributed by atoms with Crippen LogP contribution in [0.4, 0.5) is 0 Å². The number of nitrogens with zero attached hydrogens (tertiary/aromatic N) is 3. The van der Waals surface area contributed by atoms with Gasteiger partial charge in [0.2, 0.25) is 0 Å². The van der Waals surface area contributed by atoms with Gasteiger partial charge in [0.15, 0.2) is 17.5 Å². The Labute approximate surface area is 284 Å². The third-order valence-corrected chi connectivity index (χ3v) is 8.99. The maximum absolute atomic E-state index is 6.57. The van der Waals surface area contributed by atoms with Crippen LogP contribution in [0, 0.1) is 0 Å². The van der Waals surface area contributed by atoms with Gasteiger partial charge in [-0.25, -0.2) is 15.0 Å². The molecule has 0 fully saturated rings. The van der Waals surface area contributed by atoms with Crippen LogP contribution < -0.4 is 0 Å². The van der Waals surface area contributed by atoms with Crippen LogP contribution in [-0.2, 0) is 0 Å². The first kappa shape index (κ1) is 28.6. The van der Waals surface area contributed by atoms with Crippen molar-refractivity contribution in [3.8, 4) is 67.5 Å². The SMILES string of the molecule is c1ccc(-c2ccc(-c3nc(-c4ccc(-c5ccccc5)cc4)nc(-c4ccc5c(oc6ccccc65)c4-c4ccccc4)n3)cc2)cc1. The lowest BCUT2D eigenvalue weighted by Crippen LogP contribution is -2.01. The lowest BCUT2D eigenvalue weighted by molar-refractivity contribution is 0.670. The van der Waals surface area contributed by atoms with Crippen molar-refractivity contribution < 1.29 is 4.42 Å². The molecule has 0 aliphatic carbocycles. The largest absolute Gasteiger partial charge is 0.455 e. The fraction of sp³-hybridized carbons (Fsp3) is 0. The second-order valence-corrected chi connectivity index (χ2v) is 12.0. The molecule has 9 aromatic rings. The van der Waals surface area contributed by atoms with Crippen LogP contribution in [-0.4, -0.2) is 15.0 Å². The van der Waals surface area contributed by atoms with E-state index in [0.29, 0.717) is 17.5 Å². The van der Waals surface area contributed by atoms with Crippen LogP contribution in [0.2, 0.25) is 0 Å². The summed E-state index contributed by atoms with van der Waals surface area (Å²) in [7, 11) is 0. The average Bonchev–Trinajstić information content (AvgIpc) is 3.57. The Hall–Kier alpha value is -6.65. The molecular weight excluding hydrogens is 599 g/mol. The molecule has 0 unspecified atom stereocenters. The van der Waals surface area contributed by atoms with Gasteiger partial charge in [-0.15, -0.1) is 0 Å². The zero-order chi connectivity index (χ0) is 32.6. The van der Waals surface area contributed by atoms with Gasteiger partial charge >= 0.3 is 0 Å². The van der Waals surface area contributed by atoms with Crippen LogP contribution in [0.15, 0.2) is 180 Å². The third-order valence-electron chi connectivity index (χ3n) is 8.99. The Kier molecular flexibility index (Phi) is 7.10. The van der Waals surface area contributed by atoms with Crippen molar-refractivity contribution in [3.05, 3.63) is 176 Å². The van der Waals surface area contributed by atoms with Gasteiger partial charge < -0.3 is 4.42 Å². The highest BCUT2D eigenvalue weighted by Gasteiger charge is 2.21. The summed E-state index contributed by atoms with van der Waals surface area (Å²) in [5.41, 5.74) is 11.0. The van der Waals surface area contributed by atoms with Crippen LogP contribution in [0.3, 0.4) is 0 Å². The molecule has 0 aliphatic heterocycles. The molecule has 0 saturated heterocycles. The summed E-state index contributed by atoms with van der Waals surface area (Å²) < 4.78 is 6.57. The molecule has 0 atom stereocenters. The van der Waals surface area contributed by atoms with Crippen molar-refractivity contribution in [1.29, 1.82) is 0 Å². The molecule has 0 saturated carbocycles. The van der Waals surface area contributed by atoms with Crippen LogP contribution >= 0.6 is 0 Å². The van der Waals surface area contributed by atoms with Crippen molar-refractivity contribution >= 4 is 21.9 Å². The van der Waals surface area contributed by atoms with Crippen LogP contribution in [0.1, 0.15) is 0 Å². The Balaban J connectivity index is 1.24. The first-order valence-corrected chi connectivity index (χ1v) is 16.4. The minimum Gasteiger partial charge on any atom is -0.455 e. The lowest BCUT2D eigenvalue weighted by Gasteiger charge is -2.13. The summed E-state index contributed by atoms with van der Waals surface area (Å²) in [5.74, 6) is 1.80. The second kappa shape index (κ2) is 12.2. The molecular formula is C45H29N3O. The molecule has 0 bridgehead atoms. The quantitative estimate of drug-likeness (QED) is 0.184. The van der Waals surface area contributed by atoms with Gasteiger partial charge in [-0.2, -0.15) is 0 Å². The summed E-state index contributed by atoms with van der Waals surface area (Å²) in [6.45, 7) is 0. The zero-order valence-corrected chi connectivity index (χ0v) is 26.5. The van der Waals surface area contributed by atoms with Crippen molar-refractivity contribution in [2.75, 3.05) is 0 Å². The molecule has 2 heterocycles. The van der Waals surface area contributed by atoms with E-state index < -0.39 is 0 Å². The number of fused-ring (bicyclic) bond motifs is 3. The fourth-order valence-electron chi connectivity index (χ4n) is 6.51. The van der Waals surface area contributed by atoms with Crippen LogP contribution in [0.5, 0.6) is 0 Å². The van der Waals surface area contributed by atoms with Crippen molar-refractivity contribution in [2.24, 2.45) is 0 Å². The summed E-state index contributed by atoms with van der Waals surface area (Å²) in [4.78, 5) is 15.4. The van der Waals surface area contributed by atoms with Gasteiger partial charge in [0.1, 0.15) is 11.2 Å². The normalized spacial score (nSPS) is 11.3. The van der Waals surface area contributed by atoms with E-state index in [2.05, 4.69) is 127 Å². The number of benzene rings is 7. The number of para-hydroxylation sites is 1. The van der Waals surface area contributed by atoms with E-state index in [4.69, 9.17) is 19.4 Å². The molecule has 7 aromatic carbocycles. The van der Waals surface area contributed by atoms with Gasteiger partial charge in [-0.3, -0.25) is 0 Å². The third kappa shape index (κ3) is 5.35. The number of hydrogen-bond acceptors (Lipinski definition) is 4. The Morgan fingerprint density at radius 1 is 0.306 bits per heavy atom. The highest BCUT2D eigenvalue weighted by atomic mass is 16.3. The Bertz CT molecular complexity index is 2460. The van der Waals surface area contributed by atoms with Crippen LogP contribution in [0.25, 0.3) is 89.5 Å². The predicted octanol–water partition coefficient (Wildman–Crippen LogP) is 11.8. The van der Waals surface area contributed by atoms with E-state index in [-0.39, 0.29) is 0 Å². The van der Waals surface area contributed by atoms with E-state index in [1.165, 1.54) is 0 Å². The van der Waals surface area contributed by atoms with E-state index in [0.717, 1.165) is 72.0 Å². The molecule has 4 heteroatoms. The summed E-state index contributed by atoms with van der Waals surface area (Å²) in [6, 6.07) is 60.4. The second-order valence-electron chi connectivity index (χ2n) is 12.0. The number of aromatic nitrogens is 3. The molecule has 230 valence electrons. The highest BCUT2D eigenvalue weighted by Crippen LogP contribution is 2.42. The zero-order valence-electron chi connectivity index (χ0n) is 26.5. The van der Waals surface area contributed by atoms with Gasteiger partial charge in [0.05, 0.1) is 0 Å². The van der Waals surface area contributed by atoms with E-state index >= 15 is 0 Å². The number of furan rings is 1. The van der Waals surface area contributed by atoms with Crippen molar-refractivity contribution in [1.82, 2.24) is 15.0 Å². The van der Waals surface area contributed by atoms with E-state index in [1.54, 1.807) is 0 Å². The topological polar surface area (TPSA) is 51.8 Å². The Morgan fingerprint density at radius 2 is 0.735 bits per heavy atom. The monoisotopic (exact) mass is 627 g/mol. The van der Waals surface area contributed by atoms with Gasteiger partial charge in [0, 0.05) is 33.0 Å². The molecule has 49 heavy (non-hydrogen) atoms. The van der Waals surface area contributed by atoms with E-state index in [1.807, 2.05) is 48.5 Å². The first-order chi connectivity index (χ1) is 24.3. The molecule has 2 aromatic heterocycles. The first-order valence-electron chi connectivity index (χ1n) is 16.4. The number of rotatable bonds is 6. The molecule has 0 amide bonds. The minimum absolute atomic E-state index is 0.584. The van der Waals surface area contributed by atoms with Gasteiger partial charge in [-0.05, 0) is 46.0 Å². The molecule has 0 spiro atoms. The summed E-state index contributed by atoms with van der Waals surface area (Å²) in [6.07, 6.45) is 0. The average molecular weight is 628 g/mol. The molecule has 0 N–H and O–H groups in total. The molecule has 0 radical (unpaired) electrons. The van der Waals surface area contributed by atoms with Crippen molar-refractivity contribution in [3.63, 3.8) is 0 Å². The maximum atomic E-state index is 6.57. The smallest absolute Gasteiger partial charge is 0.164 e. The Morgan fingerprint density at radius 3 is 1.29 bits per heavy atom. The molecule has 0 aliphatic rings. The molecule has 9 rings (SSSR count). The molecule has 4 nitrogen and oxygen atoms in total. The minimum atomic E-state index is 0.584. The fourth-order valence-corrected chi connectivity index (χ4v) is 6.51. The predicted molar refractivity (Wildman–Crippen MR) is 200 cm³/mol. The summed E-state index contributed by atoms with van der Waals surface area (Å²) >= 11 is 0. The standard InChI is InChI=1S/C45H29N3O/c1-4-12-30(13-5-1)32-20-24-35(25-21-32)43-46-44(36-26-22-33(23-27-36)31-14-6-2-7-15-31)48-45(47-43)39-29-28-38-37-18-10-11-19-40(37)49-42(38)41(39)34-16-8-3-9-17-34/h1-29H. The van der Waals surface area contributed by atoms with Gasteiger partial charge in [-0.1, -0.05) is 158 Å². The maximum Gasteiger partial charge on any atom is 0.164 e. The van der Waals surface area contributed by atoms with Crippen molar-refractivity contribution in [2.45, 2.75) is 0 Å². The highest BCUT2D eigenvalue weighted by molar-refractivity contribution is 6.12. The lowest BCUT2D eigenvalue weighted by atomic mass is 9.96. The van der Waals surface area contributed by atoms with Gasteiger partial charge in [0.25, 0.3) is 0 Å². The summed E-state index contributed by atoms with van der Waals surface area (Å²) in [5, 5.41) is 2.14. The van der Waals surface area contributed by atoms with E-state index in [9.17, 15) is 0 Å². The number of hydrogen-bond donors (Lipinski definition) is 0.